The maximum absolute atomic E-state index is 12.7. The van der Waals surface area contributed by atoms with Gasteiger partial charge in [0.15, 0.2) is 0 Å². The molecule has 1 aliphatic heterocycles. The standard InChI is InChI=1S/C16H26N2O2S/c1-5-7-13-15(19)18(11-16(3,4)20-6-2)14(17-13)12-8-9-21-10-12/h8-10,13-14,17H,5-7,11H2,1-4H3. The molecule has 118 valence electrons. The minimum atomic E-state index is -0.332. The van der Waals surface area contributed by atoms with Gasteiger partial charge in [0.1, 0.15) is 6.17 Å². The molecule has 2 unspecified atom stereocenters. The average Bonchev–Trinajstić information content (AvgIpc) is 3.02. The van der Waals surface area contributed by atoms with E-state index < -0.39 is 0 Å². The van der Waals surface area contributed by atoms with Crippen molar-refractivity contribution < 1.29 is 9.53 Å². The Morgan fingerprint density at radius 3 is 2.76 bits per heavy atom. The molecule has 0 saturated carbocycles. The summed E-state index contributed by atoms with van der Waals surface area (Å²) >= 11 is 1.66. The Morgan fingerprint density at radius 1 is 1.43 bits per heavy atom. The summed E-state index contributed by atoms with van der Waals surface area (Å²) in [5.74, 6) is 0.195. The first-order valence-corrected chi connectivity index (χ1v) is 8.65. The van der Waals surface area contributed by atoms with Crippen molar-refractivity contribution >= 4 is 17.2 Å². The number of hydrogen-bond donors (Lipinski definition) is 1. The Balaban J connectivity index is 2.19. The number of thiophene rings is 1. The van der Waals surface area contributed by atoms with Crippen LogP contribution in [-0.2, 0) is 9.53 Å². The summed E-state index contributed by atoms with van der Waals surface area (Å²) in [5, 5.41) is 7.65. The summed E-state index contributed by atoms with van der Waals surface area (Å²) < 4.78 is 5.78. The quantitative estimate of drug-likeness (QED) is 0.841. The molecule has 1 aliphatic rings. The van der Waals surface area contributed by atoms with E-state index in [-0.39, 0.29) is 23.7 Å². The van der Waals surface area contributed by atoms with E-state index >= 15 is 0 Å². The highest BCUT2D eigenvalue weighted by atomic mass is 32.1. The van der Waals surface area contributed by atoms with E-state index in [0.29, 0.717) is 13.2 Å². The smallest absolute Gasteiger partial charge is 0.241 e. The van der Waals surface area contributed by atoms with E-state index in [9.17, 15) is 4.79 Å². The van der Waals surface area contributed by atoms with Gasteiger partial charge in [-0.05, 0) is 49.6 Å². The minimum Gasteiger partial charge on any atom is -0.374 e. The van der Waals surface area contributed by atoms with E-state index in [0.717, 1.165) is 12.8 Å². The summed E-state index contributed by atoms with van der Waals surface area (Å²) in [6.07, 6.45) is 1.85. The summed E-state index contributed by atoms with van der Waals surface area (Å²) in [4.78, 5) is 14.6. The molecule has 2 heterocycles. The number of carbonyl (C=O) groups is 1. The molecule has 1 N–H and O–H groups in total. The average molecular weight is 310 g/mol. The normalized spacial score (nSPS) is 23.0. The van der Waals surface area contributed by atoms with Crippen LogP contribution in [0.5, 0.6) is 0 Å². The maximum atomic E-state index is 12.7. The van der Waals surface area contributed by atoms with Crippen molar-refractivity contribution in [2.24, 2.45) is 0 Å². The SMILES string of the molecule is CCCC1NC(c2ccsc2)N(CC(C)(C)OCC)C1=O. The molecule has 0 spiro atoms. The van der Waals surface area contributed by atoms with Gasteiger partial charge >= 0.3 is 0 Å². The van der Waals surface area contributed by atoms with E-state index in [1.165, 1.54) is 5.56 Å². The minimum absolute atomic E-state index is 0.0277. The molecule has 1 aromatic rings. The largest absolute Gasteiger partial charge is 0.374 e. The molecule has 1 saturated heterocycles. The molecule has 0 bridgehead atoms. The van der Waals surface area contributed by atoms with Crippen LogP contribution < -0.4 is 5.32 Å². The molecule has 2 rings (SSSR count). The lowest BCUT2D eigenvalue weighted by atomic mass is 10.1. The van der Waals surface area contributed by atoms with Gasteiger partial charge in [0.25, 0.3) is 0 Å². The van der Waals surface area contributed by atoms with Crippen molar-refractivity contribution in [1.82, 2.24) is 10.2 Å². The van der Waals surface area contributed by atoms with Gasteiger partial charge in [-0.3, -0.25) is 10.1 Å². The predicted molar refractivity (Wildman–Crippen MR) is 86.3 cm³/mol. The molecular weight excluding hydrogens is 284 g/mol. The Morgan fingerprint density at radius 2 is 2.19 bits per heavy atom. The van der Waals surface area contributed by atoms with Gasteiger partial charge in [-0.15, -0.1) is 0 Å². The highest BCUT2D eigenvalue weighted by Crippen LogP contribution is 2.30. The van der Waals surface area contributed by atoms with Gasteiger partial charge in [0.2, 0.25) is 5.91 Å². The van der Waals surface area contributed by atoms with Crippen LogP contribution in [0.15, 0.2) is 16.8 Å². The molecule has 1 fully saturated rings. The third-order valence-electron chi connectivity index (χ3n) is 3.77. The number of amides is 1. The number of carbonyl (C=O) groups excluding carboxylic acids is 1. The van der Waals surface area contributed by atoms with Crippen molar-refractivity contribution in [3.05, 3.63) is 22.4 Å². The second-order valence-electron chi connectivity index (χ2n) is 6.13. The Bertz CT molecular complexity index is 459. The molecule has 0 aromatic carbocycles. The van der Waals surface area contributed by atoms with Gasteiger partial charge in [-0.2, -0.15) is 11.3 Å². The number of nitrogens with zero attached hydrogens (tertiary/aromatic N) is 1. The van der Waals surface area contributed by atoms with Gasteiger partial charge < -0.3 is 9.64 Å². The van der Waals surface area contributed by atoms with Gasteiger partial charge in [0, 0.05) is 6.61 Å². The zero-order valence-electron chi connectivity index (χ0n) is 13.4. The van der Waals surface area contributed by atoms with E-state index in [2.05, 4.69) is 29.1 Å². The third kappa shape index (κ3) is 3.84. The first-order valence-electron chi connectivity index (χ1n) is 7.71. The Kier molecular flexibility index (Phi) is 5.41. The van der Waals surface area contributed by atoms with Crippen LogP contribution in [0, 0.1) is 0 Å². The van der Waals surface area contributed by atoms with Crippen LogP contribution in [0.4, 0.5) is 0 Å². The first-order chi connectivity index (χ1) is 9.98. The van der Waals surface area contributed by atoms with Crippen LogP contribution in [0.3, 0.4) is 0 Å². The van der Waals surface area contributed by atoms with Crippen LogP contribution in [0.2, 0.25) is 0 Å². The fourth-order valence-corrected chi connectivity index (χ4v) is 3.58. The monoisotopic (exact) mass is 310 g/mol. The van der Waals surface area contributed by atoms with E-state index in [1.807, 2.05) is 25.7 Å². The number of nitrogens with one attached hydrogen (secondary N) is 1. The first kappa shape index (κ1) is 16.5. The number of hydrogen-bond acceptors (Lipinski definition) is 4. The maximum Gasteiger partial charge on any atom is 0.241 e. The Labute approximate surface area is 131 Å². The molecule has 5 heteroatoms. The van der Waals surface area contributed by atoms with Crippen molar-refractivity contribution in [1.29, 1.82) is 0 Å². The highest BCUT2D eigenvalue weighted by molar-refractivity contribution is 7.07. The topological polar surface area (TPSA) is 41.6 Å². The molecule has 0 aliphatic carbocycles. The van der Waals surface area contributed by atoms with Crippen molar-refractivity contribution in [3.63, 3.8) is 0 Å². The lowest BCUT2D eigenvalue weighted by Gasteiger charge is -2.33. The second-order valence-corrected chi connectivity index (χ2v) is 6.91. The number of ether oxygens (including phenoxy) is 1. The van der Waals surface area contributed by atoms with E-state index in [4.69, 9.17) is 4.74 Å². The summed E-state index contributed by atoms with van der Waals surface area (Å²) in [6, 6.07) is 2.02. The number of rotatable bonds is 7. The molecule has 1 aromatic heterocycles. The predicted octanol–water partition coefficient (Wildman–Crippen LogP) is 3.16. The zero-order valence-corrected chi connectivity index (χ0v) is 14.2. The highest BCUT2D eigenvalue weighted by Gasteiger charge is 2.41. The Hall–Kier alpha value is -0.910. The fourth-order valence-electron chi connectivity index (χ4n) is 2.90. The molecule has 0 radical (unpaired) electrons. The van der Waals surface area contributed by atoms with Crippen molar-refractivity contribution in [2.45, 2.75) is 58.3 Å². The molecule has 1 amide bonds. The van der Waals surface area contributed by atoms with Crippen LogP contribution in [-0.4, -0.2) is 35.6 Å². The van der Waals surface area contributed by atoms with Gasteiger partial charge in [-0.1, -0.05) is 13.3 Å². The second kappa shape index (κ2) is 6.90. The molecule has 21 heavy (non-hydrogen) atoms. The molecule has 4 nitrogen and oxygen atoms in total. The van der Waals surface area contributed by atoms with Gasteiger partial charge in [-0.25, -0.2) is 0 Å². The molecule has 2 atom stereocenters. The van der Waals surface area contributed by atoms with Crippen molar-refractivity contribution in [3.8, 4) is 0 Å². The summed E-state index contributed by atoms with van der Waals surface area (Å²) in [7, 11) is 0. The van der Waals surface area contributed by atoms with Crippen molar-refractivity contribution in [2.75, 3.05) is 13.2 Å². The third-order valence-corrected chi connectivity index (χ3v) is 4.48. The summed E-state index contributed by atoms with van der Waals surface area (Å²) in [6.45, 7) is 9.45. The van der Waals surface area contributed by atoms with E-state index in [1.54, 1.807) is 11.3 Å². The summed E-state index contributed by atoms with van der Waals surface area (Å²) in [5.41, 5.74) is 0.834. The van der Waals surface area contributed by atoms with Gasteiger partial charge in [0.05, 0.1) is 18.2 Å². The fraction of sp³-hybridized carbons (Fsp3) is 0.688. The zero-order chi connectivity index (χ0) is 15.5. The van der Waals surface area contributed by atoms with Crippen LogP contribution in [0.1, 0.15) is 52.3 Å². The molecular formula is C16H26N2O2S. The lowest BCUT2D eigenvalue weighted by Crippen LogP contribution is -2.43. The van der Waals surface area contributed by atoms with Crippen LogP contribution in [0.25, 0.3) is 0 Å². The van der Waals surface area contributed by atoms with Crippen LogP contribution >= 0.6 is 11.3 Å². The lowest BCUT2D eigenvalue weighted by molar-refractivity contribution is -0.134.